The van der Waals surface area contributed by atoms with Gasteiger partial charge >= 0.3 is 5.69 Å². The lowest BCUT2D eigenvalue weighted by Crippen LogP contribution is -2.17. The Hall–Kier alpha value is -2.54. The molecule has 0 saturated heterocycles. The lowest BCUT2D eigenvalue weighted by atomic mass is 10.1. The molecule has 0 fully saturated rings. The van der Waals surface area contributed by atoms with Crippen molar-refractivity contribution in [3.63, 3.8) is 0 Å². The van der Waals surface area contributed by atoms with Gasteiger partial charge in [0.05, 0.1) is 5.75 Å². The van der Waals surface area contributed by atoms with Crippen LogP contribution in [0.5, 0.6) is 0 Å². The molecule has 148 valence electrons. The third-order valence-corrected chi connectivity index (χ3v) is 5.82. The Morgan fingerprint density at radius 3 is 2.61 bits per heavy atom. The largest absolute Gasteiger partial charge is 0.348 e. The minimum Gasteiger partial charge on any atom is -0.348 e. The Bertz CT molecular complexity index is 1000. The molecule has 6 nitrogen and oxygen atoms in total. The van der Waals surface area contributed by atoms with Crippen LogP contribution in [0.2, 0.25) is 0 Å². The molecule has 7 heteroatoms. The van der Waals surface area contributed by atoms with Crippen molar-refractivity contribution in [2.75, 3.05) is 5.75 Å². The molecule has 0 bridgehead atoms. The number of aromatic amines is 1. The summed E-state index contributed by atoms with van der Waals surface area (Å²) in [5.74, 6) is 0.319. The van der Waals surface area contributed by atoms with Crippen molar-refractivity contribution in [3.05, 3.63) is 69.4 Å². The first kappa shape index (κ1) is 20.2. The van der Waals surface area contributed by atoms with E-state index in [1.165, 1.54) is 17.3 Å². The van der Waals surface area contributed by atoms with Crippen LogP contribution in [0, 0.1) is 13.8 Å². The molecule has 0 aliphatic heterocycles. The summed E-state index contributed by atoms with van der Waals surface area (Å²) < 4.78 is 3.79. The van der Waals surface area contributed by atoms with Crippen LogP contribution in [-0.4, -0.2) is 30.9 Å². The lowest BCUT2D eigenvalue weighted by molar-refractivity contribution is 0.102. The smallest absolute Gasteiger partial charge is 0.343 e. The normalized spacial score (nSPS) is 11.1. The van der Waals surface area contributed by atoms with Crippen molar-refractivity contribution >= 4 is 17.5 Å². The molecule has 2 aromatic heterocycles. The second-order valence-corrected chi connectivity index (χ2v) is 7.79. The number of ketones is 1. The maximum absolute atomic E-state index is 12.8. The highest BCUT2D eigenvalue weighted by Gasteiger charge is 2.17. The molecule has 3 rings (SSSR count). The fraction of sp³-hybridized carbons (Fsp3) is 0.381. The highest BCUT2D eigenvalue weighted by atomic mass is 32.2. The second kappa shape index (κ2) is 9.10. The summed E-state index contributed by atoms with van der Waals surface area (Å²) in [5.41, 5.74) is 3.89. The van der Waals surface area contributed by atoms with Gasteiger partial charge in [0, 0.05) is 30.0 Å². The van der Waals surface area contributed by atoms with E-state index in [0.717, 1.165) is 36.3 Å². The summed E-state index contributed by atoms with van der Waals surface area (Å²) in [6.07, 6.45) is 1.76. The molecule has 0 amide bonds. The summed E-state index contributed by atoms with van der Waals surface area (Å²) in [4.78, 5) is 24.6. The monoisotopic (exact) mass is 398 g/mol. The highest BCUT2D eigenvalue weighted by molar-refractivity contribution is 7.99. The Morgan fingerprint density at radius 1 is 1.14 bits per heavy atom. The zero-order chi connectivity index (χ0) is 20.1. The van der Waals surface area contributed by atoms with Gasteiger partial charge in [-0.15, -0.1) is 5.10 Å². The molecular formula is C21H26N4O2S. The fourth-order valence-electron chi connectivity index (χ4n) is 3.36. The fourth-order valence-corrected chi connectivity index (χ4v) is 4.21. The molecule has 0 spiro atoms. The number of carbonyl (C=O) groups excluding carboxylic acids is 1. The number of aryl methyl sites for hydroxylation is 2. The Balaban J connectivity index is 1.68. The SMILES string of the molecule is CCCn1c(SCC(=O)c2cc(C)n(CCc3ccccc3)c2C)n[nH]c1=O. The quantitative estimate of drug-likeness (QED) is 0.441. The molecule has 2 heterocycles. The Kier molecular flexibility index (Phi) is 6.57. The number of rotatable bonds is 9. The van der Waals surface area contributed by atoms with Gasteiger partial charge in [-0.1, -0.05) is 49.0 Å². The maximum Gasteiger partial charge on any atom is 0.343 e. The molecule has 0 unspecified atom stereocenters. The van der Waals surface area contributed by atoms with Crippen molar-refractivity contribution in [2.45, 2.75) is 51.9 Å². The van der Waals surface area contributed by atoms with E-state index in [0.29, 0.717) is 11.7 Å². The lowest BCUT2D eigenvalue weighted by Gasteiger charge is -2.10. The van der Waals surface area contributed by atoms with Gasteiger partial charge in [-0.05, 0) is 38.3 Å². The molecular weight excluding hydrogens is 372 g/mol. The average molecular weight is 399 g/mol. The van der Waals surface area contributed by atoms with Crippen LogP contribution in [-0.2, 0) is 19.5 Å². The van der Waals surface area contributed by atoms with Gasteiger partial charge in [-0.2, -0.15) is 0 Å². The van der Waals surface area contributed by atoms with E-state index in [4.69, 9.17) is 0 Å². The number of aromatic nitrogens is 4. The van der Waals surface area contributed by atoms with E-state index < -0.39 is 0 Å². The predicted octanol–water partition coefficient (Wildman–Crippen LogP) is 3.62. The van der Waals surface area contributed by atoms with Crippen LogP contribution in [0.25, 0.3) is 0 Å². The van der Waals surface area contributed by atoms with E-state index in [9.17, 15) is 9.59 Å². The van der Waals surface area contributed by atoms with Crippen molar-refractivity contribution in [3.8, 4) is 0 Å². The standard InChI is InChI=1S/C21H26N4O2S/c1-4-11-25-20(27)22-23-21(25)28-14-19(26)18-13-15(2)24(16(18)3)12-10-17-8-6-5-7-9-17/h5-9,13H,4,10-12,14H2,1-3H3,(H,22,27). The average Bonchev–Trinajstić information content (AvgIpc) is 3.19. The van der Waals surface area contributed by atoms with Crippen molar-refractivity contribution in [2.24, 2.45) is 0 Å². The van der Waals surface area contributed by atoms with Gasteiger partial charge in [0.2, 0.25) is 0 Å². The van der Waals surface area contributed by atoms with E-state index in [-0.39, 0.29) is 17.2 Å². The first-order chi connectivity index (χ1) is 13.5. The number of H-pyrrole nitrogens is 1. The molecule has 0 radical (unpaired) electrons. The number of hydrogen-bond acceptors (Lipinski definition) is 4. The highest BCUT2D eigenvalue weighted by Crippen LogP contribution is 2.21. The van der Waals surface area contributed by atoms with E-state index in [1.807, 2.05) is 45.0 Å². The van der Waals surface area contributed by atoms with Crippen LogP contribution in [0.1, 0.15) is 40.7 Å². The van der Waals surface area contributed by atoms with E-state index >= 15 is 0 Å². The molecule has 3 aromatic rings. The number of hydrogen-bond donors (Lipinski definition) is 1. The summed E-state index contributed by atoms with van der Waals surface area (Å²) in [7, 11) is 0. The molecule has 0 atom stereocenters. The maximum atomic E-state index is 12.8. The molecule has 0 saturated carbocycles. The van der Waals surface area contributed by atoms with Crippen LogP contribution in [0.3, 0.4) is 0 Å². The zero-order valence-electron chi connectivity index (χ0n) is 16.6. The van der Waals surface area contributed by atoms with Crippen LogP contribution in [0.15, 0.2) is 46.3 Å². The minimum atomic E-state index is -0.226. The van der Waals surface area contributed by atoms with Gasteiger partial charge < -0.3 is 4.57 Å². The van der Waals surface area contributed by atoms with E-state index in [2.05, 4.69) is 26.9 Å². The first-order valence-corrected chi connectivity index (χ1v) is 10.5. The number of Topliss-reactive ketones (excluding diaryl/α,β-unsaturated/α-hetero) is 1. The summed E-state index contributed by atoms with van der Waals surface area (Å²) in [6, 6.07) is 12.3. The first-order valence-electron chi connectivity index (χ1n) is 9.53. The topological polar surface area (TPSA) is 72.7 Å². The van der Waals surface area contributed by atoms with Gasteiger partial charge in [0.15, 0.2) is 10.9 Å². The summed E-state index contributed by atoms with van der Waals surface area (Å²) >= 11 is 1.31. The number of nitrogens with zero attached hydrogens (tertiary/aromatic N) is 3. The van der Waals surface area contributed by atoms with Crippen LogP contribution in [0.4, 0.5) is 0 Å². The Morgan fingerprint density at radius 2 is 1.89 bits per heavy atom. The zero-order valence-corrected chi connectivity index (χ0v) is 17.4. The molecule has 28 heavy (non-hydrogen) atoms. The van der Waals surface area contributed by atoms with Crippen molar-refractivity contribution in [1.82, 2.24) is 19.3 Å². The van der Waals surface area contributed by atoms with Gasteiger partial charge in [-0.25, -0.2) is 9.89 Å². The Labute approximate surface area is 169 Å². The van der Waals surface area contributed by atoms with Gasteiger partial charge in [0.25, 0.3) is 0 Å². The molecule has 0 aliphatic carbocycles. The third kappa shape index (κ3) is 4.47. The number of benzene rings is 1. The third-order valence-electron chi connectivity index (χ3n) is 4.84. The van der Waals surface area contributed by atoms with E-state index in [1.54, 1.807) is 4.57 Å². The number of carbonyl (C=O) groups is 1. The predicted molar refractivity (Wildman–Crippen MR) is 112 cm³/mol. The van der Waals surface area contributed by atoms with Gasteiger partial charge in [0.1, 0.15) is 0 Å². The molecule has 1 N–H and O–H groups in total. The van der Waals surface area contributed by atoms with Crippen LogP contribution < -0.4 is 5.69 Å². The summed E-state index contributed by atoms with van der Waals surface area (Å²) in [6.45, 7) is 7.48. The van der Waals surface area contributed by atoms with Crippen LogP contribution >= 0.6 is 11.8 Å². The minimum absolute atomic E-state index is 0.0579. The van der Waals surface area contributed by atoms with Gasteiger partial charge in [-0.3, -0.25) is 9.36 Å². The van der Waals surface area contributed by atoms with Crippen molar-refractivity contribution in [1.29, 1.82) is 0 Å². The number of nitrogens with one attached hydrogen (secondary N) is 1. The number of thioether (sulfide) groups is 1. The van der Waals surface area contributed by atoms with Crippen molar-refractivity contribution < 1.29 is 4.79 Å². The summed E-state index contributed by atoms with van der Waals surface area (Å²) in [5, 5.41) is 7.07. The second-order valence-electron chi connectivity index (χ2n) is 6.85. The molecule has 0 aliphatic rings. The molecule has 1 aromatic carbocycles.